The van der Waals surface area contributed by atoms with Crippen LogP contribution in [-0.4, -0.2) is 42.8 Å². The summed E-state index contributed by atoms with van der Waals surface area (Å²) in [5.41, 5.74) is -0.282. The predicted molar refractivity (Wildman–Crippen MR) is 86.7 cm³/mol. The molecule has 1 aromatic carbocycles. The monoisotopic (exact) mass is 358 g/mol. The molecular formula is C14H20N3O6S-. The zero-order chi connectivity index (χ0) is 18.3. The molecule has 10 heteroatoms. The molecule has 0 saturated heterocycles. The normalized spacial score (nSPS) is 12.7. The molecule has 0 aromatic heterocycles. The van der Waals surface area contributed by atoms with Crippen molar-refractivity contribution in [2.75, 3.05) is 13.1 Å². The number of hydrogen-bond donors (Lipinski definition) is 1. The summed E-state index contributed by atoms with van der Waals surface area (Å²) in [4.78, 5) is 21.7. The molecule has 24 heavy (non-hydrogen) atoms. The van der Waals surface area contributed by atoms with Gasteiger partial charge in [-0.2, -0.15) is 0 Å². The van der Waals surface area contributed by atoms with Crippen LogP contribution in [0.25, 0.3) is 0 Å². The van der Waals surface area contributed by atoms with Crippen LogP contribution in [0.4, 0.5) is 10.5 Å². The summed E-state index contributed by atoms with van der Waals surface area (Å²) in [5, 5.41) is 13.2. The molecule has 1 N–H and O–H groups in total. The highest BCUT2D eigenvalue weighted by Crippen LogP contribution is 2.15. The number of amides is 1. The average Bonchev–Trinajstić information content (AvgIpc) is 2.44. The summed E-state index contributed by atoms with van der Waals surface area (Å²) >= 11 is -2.53. The molecular weight excluding hydrogens is 338 g/mol. The lowest BCUT2D eigenvalue weighted by atomic mass is 10.2. The first-order valence-electron chi connectivity index (χ1n) is 7.13. The van der Waals surface area contributed by atoms with Crippen LogP contribution in [0.3, 0.4) is 0 Å². The van der Waals surface area contributed by atoms with Crippen LogP contribution >= 0.6 is 0 Å². The third kappa shape index (κ3) is 7.49. The minimum atomic E-state index is -2.53. The highest BCUT2D eigenvalue weighted by Gasteiger charge is 2.16. The molecule has 1 rings (SSSR count). The van der Waals surface area contributed by atoms with Crippen molar-refractivity contribution in [3.8, 4) is 0 Å². The summed E-state index contributed by atoms with van der Waals surface area (Å²) in [7, 11) is 0. The van der Waals surface area contributed by atoms with Crippen LogP contribution in [0, 0.1) is 10.1 Å². The van der Waals surface area contributed by atoms with Crippen molar-refractivity contribution >= 4 is 23.0 Å². The SMILES string of the molecule is CC(C)(C)OC(=O)NCCN(Cc1cccc([N+](=O)[O-])c1)S(=O)[O-]. The molecule has 0 aliphatic carbocycles. The number of hydrogen-bond acceptors (Lipinski definition) is 6. The Morgan fingerprint density at radius 1 is 1.42 bits per heavy atom. The van der Waals surface area contributed by atoms with Gasteiger partial charge in [-0.1, -0.05) is 12.1 Å². The fourth-order valence-electron chi connectivity index (χ4n) is 1.78. The lowest BCUT2D eigenvalue weighted by Gasteiger charge is -2.25. The predicted octanol–water partition coefficient (Wildman–Crippen LogP) is 1.72. The molecule has 0 fully saturated rings. The summed E-state index contributed by atoms with van der Waals surface area (Å²) < 4.78 is 28.6. The lowest BCUT2D eigenvalue weighted by Crippen LogP contribution is -2.38. The van der Waals surface area contributed by atoms with E-state index >= 15 is 0 Å². The number of nitrogens with one attached hydrogen (secondary N) is 1. The van der Waals surface area contributed by atoms with E-state index in [1.54, 1.807) is 26.8 Å². The van der Waals surface area contributed by atoms with Crippen LogP contribution in [0.5, 0.6) is 0 Å². The topological polar surface area (TPSA) is 125 Å². The Hall–Kier alpha value is -2.04. The molecule has 0 bridgehead atoms. The maximum Gasteiger partial charge on any atom is 0.407 e. The molecule has 0 aliphatic heterocycles. The summed E-state index contributed by atoms with van der Waals surface area (Å²) in [6, 6.07) is 5.71. The van der Waals surface area contributed by atoms with Gasteiger partial charge in [-0.15, -0.1) is 0 Å². The number of nitro benzene ring substituents is 1. The van der Waals surface area contributed by atoms with Crippen molar-refractivity contribution in [2.24, 2.45) is 0 Å². The molecule has 9 nitrogen and oxygen atoms in total. The second-order valence-corrected chi connectivity index (χ2v) is 6.89. The van der Waals surface area contributed by atoms with Crippen molar-refractivity contribution in [3.05, 3.63) is 39.9 Å². The van der Waals surface area contributed by atoms with E-state index in [0.717, 1.165) is 4.31 Å². The smallest absolute Gasteiger partial charge is 0.407 e. The first kappa shape index (κ1) is 20.0. The Morgan fingerprint density at radius 3 is 2.62 bits per heavy atom. The molecule has 1 amide bonds. The molecule has 1 unspecified atom stereocenters. The summed E-state index contributed by atoms with van der Waals surface area (Å²) in [6.07, 6.45) is -0.644. The van der Waals surface area contributed by atoms with E-state index < -0.39 is 27.9 Å². The van der Waals surface area contributed by atoms with Gasteiger partial charge < -0.3 is 14.6 Å². The van der Waals surface area contributed by atoms with Crippen molar-refractivity contribution in [2.45, 2.75) is 32.9 Å². The fraction of sp³-hybridized carbons (Fsp3) is 0.500. The summed E-state index contributed by atoms with van der Waals surface area (Å²) in [5.74, 6) is 0. The van der Waals surface area contributed by atoms with Gasteiger partial charge in [-0.25, -0.2) is 9.10 Å². The number of carbonyl (C=O) groups is 1. The summed E-state index contributed by atoms with van der Waals surface area (Å²) in [6.45, 7) is 5.18. The molecule has 0 aliphatic rings. The van der Waals surface area contributed by atoms with Gasteiger partial charge in [0.15, 0.2) is 0 Å². The third-order valence-corrected chi connectivity index (χ3v) is 3.45. The fourth-order valence-corrected chi connectivity index (χ4v) is 2.27. The number of carbonyl (C=O) groups excluding carboxylic acids is 1. The highest BCUT2D eigenvalue weighted by atomic mass is 32.2. The van der Waals surface area contributed by atoms with Crippen LogP contribution in [0.1, 0.15) is 26.3 Å². The Kier molecular flexibility index (Phi) is 7.26. The van der Waals surface area contributed by atoms with Crippen molar-refractivity contribution in [3.63, 3.8) is 0 Å². The standard InChI is InChI=1S/C14H21N3O6S/c1-14(2,3)23-13(18)15-7-8-16(24(21)22)10-11-5-4-6-12(9-11)17(19)20/h4-6,9H,7-8,10H2,1-3H3,(H,15,18)(H,21,22)/p-1. The van der Waals surface area contributed by atoms with Gasteiger partial charge in [0, 0.05) is 43.0 Å². The van der Waals surface area contributed by atoms with Gasteiger partial charge in [0.25, 0.3) is 5.69 Å². The first-order valence-corrected chi connectivity index (χ1v) is 8.16. The zero-order valence-corrected chi connectivity index (χ0v) is 14.5. The average molecular weight is 358 g/mol. The third-order valence-electron chi connectivity index (χ3n) is 2.72. The van der Waals surface area contributed by atoms with Gasteiger partial charge in [0.1, 0.15) is 5.60 Å². The lowest BCUT2D eigenvalue weighted by molar-refractivity contribution is -0.384. The van der Waals surface area contributed by atoms with Crippen LogP contribution in [0.2, 0.25) is 0 Å². The van der Waals surface area contributed by atoms with E-state index in [0.29, 0.717) is 5.56 Å². The minimum Gasteiger partial charge on any atom is -0.760 e. The Labute approximate surface area is 142 Å². The van der Waals surface area contributed by atoms with E-state index in [1.807, 2.05) is 0 Å². The van der Waals surface area contributed by atoms with Gasteiger partial charge in [-0.3, -0.25) is 14.3 Å². The largest absolute Gasteiger partial charge is 0.760 e. The Balaban J connectivity index is 2.59. The quantitative estimate of drug-likeness (QED) is 0.449. The molecule has 0 saturated carbocycles. The zero-order valence-electron chi connectivity index (χ0n) is 13.7. The van der Waals surface area contributed by atoms with Crippen molar-refractivity contribution in [1.82, 2.24) is 9.62 Å². The van der Waals surface area contributed by atoms with Crippen LogP contribution < -0.4 is 5.32 Å². The van der Waals surface area contributed by atoms with E-state index in [1.165, 1.54) is 18.2 Å². The van der Waals surface area contributed by atoms with Gasteiger partial charge in [-0.05, 0) is 26.3 Å². The van der Waals surface area contributed by atoms with Gasteiger partial charge in [0.05, 0.1) is 4.92 Å². The molecule has 0 heterocycles. The van der Waals surface area contributed by atoms with E-state index in [-0.39, 0.29) is 25.3 Å². The van der Waals surface area contributed by atoms with Crippen molar-refractivity contribution < 1.29 is 23.2 Å². The second kappa shape index (κ2) is 8.71. The number of ether oxygens (including phenoxy) is 1. The number of rotatable bonds is 7. The van der Waals surface area contributed by atoms with Gasteiger partial charge in [0.2, 0.25) is 0 Å². The Morgan fingerprint density at radius 2 is 2.08 bits per heavy atom. The van der Waals surface area contributed by atoms with Crippen molar-refractivity contribution in [1.29, 1.82) is 0 Å². The molecule has 0 spiro atoms. The van der Waals surface area contributed by atoms with E-state index in [2.05, 4.69) is 5.32 Å². The van der Waals surface area contributed by atoms with Crippen LogP contribution in [0.15, 0.2) is 24.3 Å². The number of nitrogens with zero attached hydrogens (tertiary/aromatic N) is 2. The number of benzene rings is 1. The van der Waals surface area contributed by atoms with Gasteiger partial charge >= 0.3 is 6.09 Å². The maximum atomic E-state index is 11.5. The second-order valence-electron chi connectivity index (χ2n) is 5.94. The van der Waals surface area contributed by atoms with Crippen LogP contribution in [-0.2, 0) is 22.5 Å². The highest BCUT2D eigenvalue weighted by molar-refractivity contribution is 7.76. The number of non-ortho nitro benzene ring substituents is 1. The minimum absolute atomic E-state index is 0.0120. The van der Waals surface area contributed by atoms with E-state index in [9.17, 15) is 23.7 Å². The number of alkyl carbamates (subject to hydrolysis) is 1. The molecule has 1 atom stereocenters. The maximum absolute atomic E-state index is 11.5. The molecule has 0 radical (unpaired) electrons. The molecule has 134 valence electrons. The Bertz CT molecular complexity index is 617. The number of nitro groups is 1. The van der Waals surface area contributed by atoms with E-state index in [4.69, 9.17) is 4.74 Å². The molecule has 1 aromatic rings. The first-order chi connectivity index (χ1) is 11.1.